The molecule has 0 radical (unpaired) electrons. The van der Waals surface area contributed by atoms with Crippen molar-refractivity contribution >= 4 is 29.2 Å². The highest BCUT2D eigenvalue weighted by molar-refractivity contribution is 5.96. The van der Waals surface area contributed by atoms with Gasteiger partial charge in [0.15, 0.2) is 17.9 Å². The molecule has 3 heterocycles. The van der Waals surface area contributed by atoms with Crippen molar-refractivity contribution in [2.45, 2.75) is 196 Å². The number of carboxylic acid groups (broad SMARTS) is 1. The first-order chi connectivity index (χ1) is 36.9. The molecule has 0 amide bonds. The van der Waals surface area contributed by atoms with E-state index in [-0.39, 0.29) is 69.0 Å². The Bertz CT molecular complexity index is 2250. The van der Waals surface area contributed by atoms with E-state index in [1.54, 1.807) is 97.2 Å². The molecule has 78 heavy (non-hydrogen) atoms. The van der Waals surface area contributed by atoms with Crippen molar-refractivity contribution in [3.05, 3.63) is 115 Å². The van der Waals surface area contributed by atoms with Crippen LogP contribution in [0, 0.1) is 17.8 Å². The van der Waals surface area contributed by atoms with E-state index in [2.05, 4.69) is 0 Å². The van der Waals surface area contributed by atoms with Gasteiger partial charge in [-0.2, -0.15) is 0 Å². The van der Waals surface area contributed by atoms with Crippen molar-refractivity contribution in [1.82, 2.24) is 0 Å². The molecule has 4 unspecified atom stereocenters. The third-order valence-electron chi connectivity index (χ3n) is 14.1. The molecule has 434 valence electrons. The summed E-state index contributed by atoms with van der Waals surface area (Å²) in [6, 6.07) is 5.26. The number of hydrogen-bond acceptors (Lipinski definition) is 19. The van der Waals surface area contributed by atoms with Gasteiger partial charge in [-0.3, -0.25) is 19.2 Å². The first-order valence-corrected chi connectivity index (χ1v) is 26.9. The van der Waals surface area contributed by atoms with Crippen molar-refractivity contribution in [1.29, 1.82) is 0 Å². The topological polar surface area (TPSA) is 360 Å². The van der Waals surface area contributed by atoms with E-state index in [0.29, 0.717) is 17.7 Å². The normalized spacial score (nSPS) is 37.8. The van der Waals surface area contributed by atoms with E-state index in [0.717, 1.165) is 0 Å². The van der Waals surface area contributed by atoms with Crippen LogP contribution in [0.5, 0.6) is 0 Å². The summed E-state index contributed by atoms with van der Waals surface area (Å²) in [4.78, 5) is 51.6. The number of aliphatic carboxylic acids is 1. The molecular weight excluding hydrogens is 1010 g/mol. The molecule has 0 aromatic heterocycles. The molecule has 4 rings (SSSR count). The van der Waals surface area contributed by atoms with Crippen LogP contribution in [0.15, 0.2) is 109 Å². The van der Waals surface area contributed by atoms with Crippen LogP contribution < -0.4 is 11.5 Å². The van der Waals surface area contributed by atoms with E-state index in [9.17, 15) is 70.2 Å². The second-order valence-electron chi connectivity index (χ2n) is 21.0. The van der Waals surface area contributed by atoms with Gasteiger partial charge in [0.05, 0.1) is 67.1 Å². The lowest BCUT2D eigenvalue weighted by molar-refractivity contribution is -0.308. The number of ether oxygens (including phenoxy) is 4. The minimum absolute atomic E-state index is 0.0720. The molecule has 2 fully saturated rings. The number of aliphatic hydroxyl groups is 9. The smallest absolute Gasteiger partial charge is 0.313 e. The van der Waals surface area contributed by atoms with Gasteiger partial charge in [-0.1, -0.05) is 98.9 Å². The number of Topliss-reactive ketones (excluding diaryl/α,β-unsaturated/α-hetero) is 2. The van der Waals surface area contributed by atoms with Crippen LogP contribution in [-0.4, -0.2) is 166 Å². The van der Waals surface area contributed by atoms with Gasteiger partial charge < -0.3 is 81.5 Å². The number of aliphatic hydroxyl groups excluding tert-OH is 8. The molecule has 1 aromatic carbocycles. The number of anilines is 1. The summed E-state index contributed by atoms with van der Waals surface area (Å²) in [6.07, 6.45) is 6.31. The largest absolute Gasteiger partial charge is 0.481 e. The molecule has 1 aromatic rings. The van der Waals surface area contributed by atoms with Crippen LogP contribution in [0.4, 0.5) is 5.69 Å². The maximum atomic E-state index is 13.3. The van der Waals surface area contributed by atoms with Crippen molar-refractivity contribution in [2.24, 2.45) is 23.5 Å². The molecule has 3 aliphatic rings. The van der Waals surface area contributed by atoms with E-state index in [1.807, 2.05) is 19.9 Å². The highest BCUT2D eigenvalue weighted by atomic mass is 16.7. The Labute approximate surface area is 456 Å². The number of fused-ring (bicyclic) bond motifs is 2. The number of cyclic esters (lactones) is 1. The number of hydrogen-bond donors (Lipinski definition) is 12. The predicted molar refractivity (Wildman–Crippen MR) is 289 cm³/mol. The van der Waals surface area contributed by atoms with Crippen LogP contribution in [0.3, 0.4) is 0 Å². The maximum Gasteiger partial charge on any atom is 0.313 e. The first kappa shape index (κ1) is 65.5. The van der Waals surface area contributed by atoms with E-state index < -0.39 is 141 Å². The SMILES string of the molecule is C[C@@H]1/C=C/C=C\C=C\C=C\C=C\C=C\C=C\C(O[C@@H]2O[C@H](C)[C@@H](O)[C@H](N)[C@@H]2O)C[C@H]2O[C@@](O)(C[C@@H](O)C[C@@H](O)CCCC(O)CC(O)CC(=O)CC(=O)O[C@H]1[C@@H](C)CC[C@H](O)CC(=O)c1ccc(N)cc1)C[C@@H](O)C2C(=O)O. The minimum atomic E-state index is -2.27. The van der Waals surface area contributed by atoms with Gasteiger partial charge >= 0.3 is 11.9 Å². The third kappa shape index (κ3) is 22.6. The maximum absolute atomic E-state index is 13.3. The zero-order valence-electron chi connectivity index (χ0n) is 44.8. The quantitative estimate of drug-likeness (QED) is 0.0692. The molecule has 2 saturated heterocycles. The molecule has 2 bridgehead atoms. The average molecular weight is 1100 g/mol. The number of nitrogen functional groups attached to an aromatic ring is 1. The number of carbonyl (C=O) groups is 4. The zero-order chi connectivity index (χ0) is 57.5. The number of benzene rings is 1. The Morgan fingerprint density at radius 2 is 1.32 bits per heavy atom. The first-order valence-electron chi connectivity index (χ1n) is 26.9. The van der Waals surface area contributed by atoms with Crippen molar-refractivity contribution in [3.63, 3.8) is 0 Å². The Balaban J connectivity index is 1.52. The highest BCUT2D eigenvalue weighted by Gasteiger charge is 2.51. The van der Waals surface area contributed by atoms with Gasteiger partial charge in [-0.05, 0) is 82.1 Å². The fraction of sp³-hybridized carbons (Fsp3) is 0.586. The molecule has 0 saturated carbocycles. The second kappa shape index (κ2) is 32.9. The number of nitrogens with two attached hydrogens (primary N) is 2. The predicted octanol–water partition coefficient (Wildman–Crippen LogP) is 3.32. The second-order valence-corrected chi connectivity index (χ2v) is 21.0. The van der Waals surface area contributed by atoms with Crippen LogP contribution in [-0.2, 0) is 33.3 Å². The summed E-state index contributed by atoms with van der Waals surface area (Å²) in [6.45, 7) is 5.23. The van der Waals surface area contributed by atoms with Crippen LogP contribution in [0.1, 0.15) is 115 Å². The van der Waals surface area contributed by atoms with Gasteiger partial charge in [-0.25, -0.2) is 0 Å². The van der Waals surface area contributed by atoms with Crippen molar-refractivity contribution in [3.8, 4) is 0 Å². The lowest BCUT2D eigenvalue weighted by Crippen LogP contribution is -2.61. The molecule has 0 aliphatic carbocycles. The third-order valence-corrected chi connectivity index (χ3v) is 14.1. The molecule has 0 spiro atoms. The lowest BCUT2D eigenvalue weighted by Gasteiger charge is -2.45. The molecule has 20 nitrogen and oxygen atoms in total. The van der Waals surface area contributed by atoms with Gasteiger partial charge in [0.2, 0.25) is 0 Å². The summed E-state index contributed by atoms with van der Waals surface area (Å²) >= 11 is 0. The Morgan fingerprint density at radius 3 is 1.91 bits per heavy atom. The van der Waals surface area contributed by atoms with E-state index >= 15 is 0 Å². The summed E-state index contributed by atoms with van der Waals surface area (Å²) in [7, 11) is 0. The summed E-state index contributed by atoms with van der Waals surface area (Å²) < 4.78 is 23.7. The monoisotopic (exact) mass is 1100 g/mol. The molecule has 20 heteroatoms. The minimum Gasteiger partial charge on any atom is -0.481 e. The molecular formula is C58H84N2O18. The summed E-state index contributed by atoms with van der Waals surface area (Å²) in [5.41, 5.74) is 12.7. The molecule has 18 atom stereocenters. The Hall–Kier alpha value is -5.04. The van der Waals surface area contributed by atoms with E-state index in [4.69, 9.17) is 30.4 Å². The fourth-order valence-electron chi connectivity index (χ4n) is 9.84. The lowest BCUT2D eigenvalue weighted by atomic mass is 9.82. The van der Waals surface area contributed by atoms with Crippen LogP contribution in [0.2, 0.25) is 0 Å². The van der Waals surface area contributed by atoms with E-state index in [1.165, 1.54) is 13.0 Å². The standard InChI is InChI=1S/C58H84N2O18/c1-35-17-14-12-10-8-6-4-5-7-9-11-13-15-20-46(76-57-54(71)52(60)53(70)37(3)75-57)32-49-51(56(72)73)48(68)34-58(74,78-49)33-45(66)28-41(62)19-16-18-40(61)27-43(64)29-44(65)31-50(69)77-55(35)36(2)21-26-42(63)30-47(67)38-22-24-39(59)25-23-38/h4-15,17,20,22-25,35-37,40-43,45-46,48-49,51-55,57,61-64,66,68,70-71,74H,16,18-19,21,26-34,59-60H2,1-3H3,(H,72,73)/b5-4+,8-6+,9-7+,12-10-,13-11+,17-14+,20-15+/t35-,36+,37-,40?,41+,42+,43?,45+,46?,48-,49-,51?,52+,53-,54+,55-,57+,58+/m1/s1. The summed E-state index contributed by atoms with van der Waals surface area (Å²) in [5.74, 6) is -7.63. The van der Waals surface area contributed by atoms with Crippen LogP contribution in [0.25, 0.3) is 0 Å². The van der Waals surface area contributed by atoms with Gasteiger partial charge in [-0.15, -0.1) is 0 Å². The van der Waals surface area contributed by atoms with Gasteiger partial charge in [0.1, 0.15) is 30.3 Å². The van der Waals surface area contributed by atoms with Gasteiger partial charge in [0, 0.05) is 49.3 Å². The number of carbonyl (C=O) groups excluding carboxylic acids is 3. The Morgan fingerprint density at radius 1 is 0.756 bits per heavy atom. The van der Waals surface area contributed by atoms with Gasteiger partial charge in [0.25, 0.3) is 0 Å². The number of ketones is 2. The number of esters is 1. The zero-order valence-corrected chi connectivity index (χ0v) is 44.8. The summed E-state index contributed by atoms with van der Waals surface area (Å²) in [5, 5.41) is 108. The van der Waals surface area contributed by atoms with Crippen molar-refractivity contribution in [2.75, 3.05) is 5.73 Å². The Kier molecular flexibility index (Phi) is 27.6. The molecule has 14 N–H and O–H groups in total. The van der Waals surface area contributed by atoms with Crippen LogP contribution >= 0.6 is 0 Å². The number of carboxylic acids is 1. The highest BCUT2D eigenvalue weighted by Crippen LogP contribution is 2.38. The number of rotatable bonds is 10. The fourth-order valence-corrected chi connectivity index (χ4v) is 9.84. The van der Waals surface area contributed by atoms with Crippen molar-refractivity contribution < 1.29 is 89.2 Å². The number of allylic oxidation sites excluding steroid dienone is 12. The average Bonchev–Trinajstić information content (AvgIpc) is 3.41. The molecule has 3 aliphatic heterocycles.